The highest BCUT2D eigenvalue weighted by molar-refractivity contribution is 7.93. The first kappa shape index (κ1) is 23.8. The molecule has 0 atom stereocenters. The molecule has 0 aliphatic carbocycles. The largest absolute Gasteiger partial charge is 0.493 e. The van der Waals surface area contributed by atoms with Crippen molar-refractivity contribution in [2.45, 2.75) is 4.90 Å². The van der Waals surface area contributed by atoms with Crippen molar-refractivity contribution in [1.82, 2.24) is 0 Å². The van der Waals surface area contributed by atoms with Gasteiger partial charge >= 0.3 is 0 Å². The molecule has 0 saturated heterocycles. The first-order valence-electron chi connectivity index (χ1n) is 9.32. The predicted molar refractivity (Wildman–Crippen MR) is 126 cm³/mol. The van der Waals surface area contributed by atoms with E-state index in [-0.39, 0.29) is 21.3 Å². The average Bonchev–Trinajstić information content (AvgIpc) is 2.80. The lowest BCUT2D eigenvalue weighted by molar-refractivity contribution is -0.385. The van der Waals surface area contributed by atoms with Gasteiger partial charge in [0.1, 0.15) is 4.90 Å². The molecule has 10 nitrogen and oxygen atoms in total. The zero-order chi connectivity index (χ0) is 24.0. The molecule has 3 aromatic rings. The normalized spacial score (nSPS) is 11.2. The van der Waals surface area contributed by atoms with Gasteiger partial charge in [0.05, 0.1) is 41.8 Å². The van der Waals surface area contributed by atoms with Crippen molar-refractivity contribution >= 4 is 44.9 Å². The van der Waals surface area contributed by atoms with Crippen LogP contribution in [0.4, 0.5) is 17.1 Å². The number of methoxy groups -OCH3 is 2. The second-order valence-electron chi connectivity index (χ2n) is 6.48. The number of hydrogen-bond acceptors (Lipinski definition) is 8. The lowest BCUT2D eigenvalue weighted by atomic mass is 10.2. The van der Waals surface area contributed by atoms with Crippen LogP contribution in [0.3, 0.4) is 0 Å². The van der Waals surface area contributed by atoms with Crippen LogP contribution in [0.1, 0.15) is 5.56 Å². The Morgan fingerprint density at radius 1 is 1.03 bits per heavy atom. The van der Waals surface area contributed by atoms with Crippen LogP contribution in [0.15, 0.2) is 70.7 Å². The Morgan fingerprint density at radius 2 is 1.79 bits per heavy atom. The van der Waals surface area contributed by atoms with E-state index >= 15 is 0 Å². The number of sulfonamides is 1. The third-order valence-corrected chi connectivity index (χ3v) is 6.14. The summed E-state index contributed by atoms with van der Waals surface area (Å²) < 4.78 is 39.0. The summed E-state index contributed by atoms with van der Waals surface area (Å²) in [5.74, 6) is 0.923. The molecule has 0 spiro atoms. The summed E-state index contributed by atoms with van der Waals surface area (Å²) in [6.07, 6.45) is 1.40. The molecule has 0 heterocycles. The van der Waals surface area contributed by atoms with E-state index in [0.29, 0.717) is 17.1 Å². The quantitative estimate of drug-likeness (QED) is 0.256. The Balaban J connectivity index is 1.97. The molecule has 0 unspecified atom stereocenters. The monoisotopic (exact) mass is 490 g/mol. The molecule has 0 amide bonds. The summed E-state index contributed by atoms with van der Waals surface area (Å²) >= 11 is 6.05. The third kappa shape index (κ3) is 5.51. The van der Waals surface area contributed by atoms with E-state index < -0.39 is 20.6 Å². The number of hydrazone groups is 1. The van der Waals surface area contributed by atoms with Gasteiger partial charge in [0, 0.05) is 17.7 Å². The summed E-state index contributed by atoms with van der Waals surface area (Å²) in [6.45, 7) is 0. The van der Waals surface area contributed by atoms with Crippen molar-refractivity contribution in [3.05, 3.63) is 81.4 Å². The number of nitro benzene ring substituents is 1. The Kier molecular flexibility index (Phi) is 7.36. The third-order valence-electron chi connectivity index (χ3n) is 4.41. The topological polar surface area (TPSA) is 132 Å². The number of halogens is 1. The molecule has 172 valence electrons. The summed E-state index contributed by atoms with van der Waals surface area (Å²) in [5.41, 5.74) is 2.92. The Labute approximate surface area is 195 Å². The highest BCUT2D eigenvalue weighted by Crippen LogP contribution is 2.31. The van der Waals surface area contributed by atoms with Crippen LogP contribution in [-0.4, -0.2) is 33.8 Å². The Hall–Kier alpha value is -3.83. The van der Waals surface area contributed by atoms with Gasteiger partial charge in [-0.15, -0.1) is 0 Å². The Bertz CT molecular complexity index is 1310. The molecule has 0 aliphatic heterocycles. The van der Waals surface area contributed by atoms with Crippen LogP contribution in [0, 0.1) is 10.1 Å². The number of benzene rings is 3. The van der Waals surface area contributed by atoms with E-state index in [1.165, 1.54) is 44.7 Å². The van der Waals surface area contributed by atoms with E-state index in [2.05, 4.69) is 15.2 Å². The fourth-order valence-corrected chi connectivity index (χ4v) is 4.36. The lowest BCUT2D eigenvalue weighted by Crippen LogP contribution is -2.15. The van der Waals surface area contributed by atoms with Crippen molar-refractivity contribution in [2.75, 3.05) is 24.4 Å². The number of non-ortho nitro benzene ring substituents is 1. The minimum absolute atomic E-state index is 0.0123. The SMILES string of the molecule is COc1cccc(C=NNc2ccc([N+](=O)[O-])cc2S(=O)(=O)Nc2ccccc2Cl)c1OC. The number of ether oxygens (including phenoxy) is 2. The number of hydrogen-bond donors (Lipinski definition) is 2. The standard InChI is InChI=1S/C21H19ClN4O6S/c1-31-19-9-5-6-14(21(19)32-2)13-23-24-18-11-10-15(26(27)28)12-20(18)33(29,30)25-17-8-4-3-7-16(17)22/h3-13,24-25H,1-2H3. The minimum atomic E-state index is -4.26. The number of anilines is 2. The Morgan fingerprint density at radius 3 is 2.45 bits per heavy atom. The van der Waals surface area contributed by atoms with Crippen LogP contribution in [0.2, 0.25) is 5.02 Å². The smallest absolute Gasteiger partial charge is 0.270 e. The highest BCUT2D eigenvalue weighted by Gasteiger charge is 2.23. The van der Waals surface area contributed by atoms with E-state index in [9.17, 15) is 18.5 Å². The van der Waals surface area contributed by atoms with Crippen molar-refractivity contribution in [3.63, 3.8) is 0 Å². The maximum atomic E-state index is 13.0. The summed E-state index contributed by atoms with van der Waals surface area (Å²) in [7, 11) is -1.29. The molecule has 2 N–H and O–H groups in total. The van der Waals surface area contributed by atoms with E-state index in [0.717, 1.165) is 6.07 Å². The number of nitrogens with one attached hydrogen (secondary N) is 2. The van der Waals surface area contributed by atoms with Gasteiger partial charge in [-0.25, -0.2) is 8.42 Å². The van der Waals surface area contributed by atoms with Gasteiger partial charge in [-0.05, 0) is 30.3 Å². The number of para-hydroxylation sites is 2. The molecule has 0 aromatic heterocycles. The van der Waals surface area contributed by atoms with Crippen molar-refractivity contribution in [2.24, 2.45) is 5.10 Å². The maximum absolute atomic E-state index is 13.0. The molecular formula is C21H19ClN4O6S. The zero-order valence-electron chi connectivity index (χ0n) is 17.5. The van der Waals surface area contributed by atoms with E-state index in [1.54, 1.807) is 30.3 Å². The van der Waals surface area contributed by atoms with Gasteiger partial charge < -0.3 is 9.47 Å². The van der Waals surface area contributed by atoms with Crippen LogP contribution in [0.5, 0.6) is 11.5 Å². The molecule has 0 saturated carbocycles. The fourth-order valence-electron chi connectivity index (χ4n) is 2.87. The van der Waals surface area contributed by atoms with Crippen molar-refractivity contribution < 1.29 is 22.8 Å². The second-order valence-corrected chi connectivity index (χ2v) is 8.53. The summed E-state index contributed by atoms with van der Waals surface area (Å²) in [5, 5.41) is 15.5. The molecule has 0 radical (unpaired) electrons. The number of nitro groups is 1. The molecule has 3 rings (SSSR count). The van der Waals surface area contributed by atoms with E-state index in [4.69, 9.17) is 21.1 Å². The number of nitrogens with zero attached hydrogens (tertiary/aromatic N) is 2. The lowest BCUT2D eigenvalue weighted by Gasteiger charge is -2.13. The number of rotatable bonds is 9. The zero-order valence-corrected chi connectivity index (χ0v) is 19.1. The molecule has 12 heteroatoms. The minimum Gasteiger partial charge on any atom is -0.493 e. The van der Waals surface area contributed by atoms with Gasteiger partial charge in [-0.3, -0.25) is 20.3 Å². The second kappa shape index (κ2) is 10.2. The van der Waals surface area contributed by atoms with Gasteiger partial charge in [0.2, 0.25) is 0 Å². The molecule has 3 aromatic carbocycles. The van der Waals surface area contributed by atoms with Gasteiger partial charge in [-0.2, -0.15) is 5.10 Å². The average molecular weight is 491 g/mol. The summed E-state index contributed by atoms with van der Waals surface area (Å²) in [6, 6.07) is 14.7. The fraction of sp³-hybridized carbons (Fsp3) is 0.0952. The molecule has 0 aliphatic rings. The molecule has 0 fully saturated rings. The van der Waals surface area contributed by atoms with Crippen molar-refractivity contribution in [3.8, 4) is 11.5 Å². The van der Waals surface area contributed by atoms with Gasteiger partial charge in [0.15, 0.2) is 11.5 Å². The molecule has 0 bridgehead atoms. The van der Waals surface area contributed by atoms with Crippen LogP contribution in [-0.2, 0) is 10.0 Å². The molecular weight excluding hydrogens is 472 g/mol. The van der Waals surface area contributed by atoms with Crippen LogP contribution in [0.25, 0.3) is 0 Å². The first-order chi connectivity index (χ1) is 15.8. The highest BCUT2D eigenvalue weighted by atomic mass is 35.5. The summed E-state index contributed by atoms with van der Waals surface area (Å²) in [4.78, 5) is 10.2. The van der Waals surface area contributed by atoms with E-state index in [1.807, 2.05) is 0 Å². The maximum Gasteiger partial charge on any atom is 0.270 e. The van der Waals surface area contributed by atoms with Gasteiger partial charge in [0.25, 0.3) is 15.7 Å². The molecule has 33 heavy (non-hydrogen) atoms. The first-order valence-corrected chi connectivity index (χ1v) is 11.2. The predicted octanol–water partition coefficient (Wildman–Crippen LogP) is 4.51. The van der Waals surface area contributed by atoms with Crippen LogP contribution < -0.4 is 19.6 Å². The van der Waals surface area contributed by atoms with Gasteiger partial charge in [-0.1, -0.05) is 29.8 Å². The van der Waals surface area contributed by atoms with Crippen molar-refractivity contribution in [1.29, 1.82) is 0 Å². The van der Waals surface area contributed by atoms with Crippen LogP contribution >= 0.6 is 11.6 Å².